The molecular weight excluding hydrogens is 664 g/mol. The molecule has 12 nitrogen and oxygen atoms in total. The number of carbonyl (C=O) groups excluding carboxylic acids is 6. The predicted octanol–water partition coefficient (Wildman–Crippen LogP) is 5.56. The largest absolute Gasteiger partial charge is 0.444 e. The Bertz CT molecular complexity index is 1550. The van der Waals surface area contributed by atoms with E-state index in [-0.39, 0.29) is 24.7 Å². The molecule has 282 valence electrons. The molecule has 52 heavy (non-hydrogen) atoms. The lowest BCUT2D eigenvalue weighted by atomic mass is 9.86. The fourth-order valence-electron chi connectivity index (χ4n) is 4.57. The van der Waals surface area contributed by atoms with Crippen molar-refractivity contribution in [2.75, 3.05) is 13.1 Å². The van der Waals surface area contributed by atoms with Crippen LogP contribution in [0.2, 0.25) is 0 Å². The highest BCUT2D eigenvalue weighted by Crippen LogP contribution is 2.21. The quantitative estimate of drug-likeness (QED) is 0.183. The molecule has 0 saturated carbocycles. The molecule has 2 atom stereocenters. The molecule has 12 heteroatoms. The van der Waals surface area contributed by atoms with E-state index in [0.29, 0.717) is 22.3 Å². The van der Waals surface area contributed by atoms with Gasteiger partial charge in [-0.3, -0.25) is 19.2 Å². The fraction of sp³-hybridized carbons (Fsp3) is 0.500. The summed E-state index contributed by atoms with van der Waals surface area (Å²) in [5.74, 6) is 4.39. The summed E-state index contributed by atoms with van der Waals surface area (Å²) in [4.78, 5) is 76.1. The van der Waals surface area contributed by atoms with Crippen molar-refractivity contribution in [2.45, 2.75) is 106 Å². The summed E-state index contributed by atoms with van der Waals surface area (Å²) in [6.45, 7) is 20.6. The third-order valence-corrected chi connectivity index (χ3v) is 7.19. The maximum atomic E-state index is 12.9. The smallest absolute Gasteiger partial charge is 0.408 e. The fourth-order valence-corrected chi connectivity index (χ4v) is 4.57. The number of Topliss-reactive ketones (excluding diaryl/α,β-unsaturated/α-hetero) is 2. The molecule has 0 radical (unpaired) electrons. The monoisotopic (exact) mass is 718 g/mol. The molecule has 0 bridgehead atoms. The summed E-state index contributed by atoms with van der Waals surface area (Å²) < 4.78 is 10.6. The van der Waals surface area contributed by atoms with Crippen molar-refractivity contribution >= 4 is 35.6 Å². The molecule has 2 rings (SSSR count). The van der Waals surface area contributed by atoms with E-state index in [4.69, 9.17) is 9.47 Å². The third kappa shape index (κ3) is 15.0. The van der Waals surface area contributed by atoms with Gasteiger partial charge in [-0.2, -0.15) is 0 Å². The molecule has 0 unspecified atom stereocenters. The van der Waals surface area contributed by atoms with Gasteiger partial charge in [0.25, 0.3) is 0 Å². The minimum Gasteiger partial charge on any atom is -0.444 e. The van der Waals surface area contributed by atoms with Crippen LogP contribution in [0.1, 0.15) is 115 Å². The molecule has 4 N–H and O–H groups in total. The Kier molecular flexibility index (Phi) is 14.3. The number of alkyl carbamates (subject to hydrolysis) is 2. The van der Waals surface area contributed by atoms with E-state index in [2.05, 4.69) is 33.1 Å². The number of ether oxygens (including phenoxy) is 2. The summed E-state index contributed by atoms with van der Waals surface area (Å²) in [5.41, 5.74) is -0.700. The Morgan fingerprint density at radius 1 is 0.519 bits per heavy atom. The average molecular weight is 719 g/mol. The number of ketones is 2. The first-order chi connectivity index (χ1) is 23.7. The average Bonchev–Trinajstić information content (AvgIpc) is 3.00. The van der Waals surface area contributed by atoms with Gasteiger partial charge >= 0.3 is 12.2 Å². The molecule has 2 aromatic rings. The maximum Gasteiger partial charge on any atom is 0.408 e. The van der Waals surface area contributed by atoms with Gasteiger partial charge in [-0.15, -0.1) is 0 Å². The number of benzene rings is 2. The van der Waals surface area contributed by atoms with Crippen molar-refractivity contribution in [3.05, 3.63) is 70.8 Å². The standard InChI is InChI=1S/C40H54N4O8/c1-37(2,3)31(43-35(49)51-39(7,8)9)33(47)41-23-29(45)27-19-15-25(16-20-27)13-14-26-17-21-28(22-18-26)30(46)24-42-34(48)32(38(4,5)6)44-36(50)52-40(10,11)12/h15-22,31-32H,23-24H2,1-12H3,(H,41,47)(H,42,48)(H,43,49)(H,44,50)/t31-,32-/m1/s1. The molecule has 0 saturated heterocycles. The lowest BCUT2D eigenvalue weighted by molar-refractivity contribution is -0.126. The summed E-state index contributed by atoms with van der Waals surface area (Å²) in [6, 6.07) is 11.3. The minimum atomic E-state index is -0.929. The molecular formula is C40H54N4O8. The van der Waals surface area contributed by atoms with Gasteiger partial charge in [0.15, 0.2) is 11.6 Å². The van der Waals surface area contributed by atoms with E-state index in [1.165, 1.54) is 0 Å². The van der Waals surface area contributed by atoms with Crippen LogP contribution in [0.15, 0.2) is 48.5 Å². The van der Waals surface area contributed by atoms with Gasteiger partial charge in [0, 0.05) is 22.3 Å². The molecule has 0 aliphatic carbocycles. The number of hydrogen-bond donors (Lipinski definition) is 4. The molecule has 0 aliphatic heterocycles. The Labute approximate surface area is 307 Å². The van der Waals surface area contributed by atoms with Gasteiger partial charge < -0.3 is 30.7 Å². The molecule has 0 heterocycles. The predicted molar refractivity (Wildman–Crippen MR) is 199 cm³/mol. The molecule has 0 aliphatic rings. The zero-order chi connectivity index (χ0) is 39.7. The first kappa shape index (κ1) is 43.0. The second-order valence-electron chi connectivity index (χ2n) is 16.6. The SMILES string of the molecule is CC(C)(C)OC(=O)N[C@H](C(=O)NCC(=O)c1ccc(C#Cc2ccc(C(=O)CNC(=O)[C@@H](NC(=O)OC(C)(C)C)C(C)(C)C)cc2)cc1)C(C)(C)C. The minimum absolute atomic E-state index is 0.263. The summed E-state index contributed by atoms with van der Waals surface area (Å²) >= 11 is 0. The lowest BCUT2D eigenvalue weighted by Crippen LogP contribution is -2.55. The van der Waals surface area contributed by atoms with Crippen LogP contribution in [-0.2, 0) is 19.1 Å². The van der Waals surface area contributed by atoms with Crippen LogP contribution in [0.5, 0.6) is 0 Å². The van der Waals surface area contributed by atoms with Gasteiger partial charge in [-0.1, -0.05) is 77.6 Å². The van der Waals surface area contributed by atoms with Crippen molar-refractivity contribution in [1.29, 1.82) is 0 Å². The highest BCUT2D eigenvalue weighted by Gasteiger charge is 2.35. The molecule has 4 amide bonds. The van der Waals surface area contributed by atoms with Crippen molar-refractivity contribution in [3.63, 3.8) is 0 Å². The van der Waals surface area contributed by atoms with Crippen LogP contribution in [0, 0.1) is 22.7 Å². The highest BCUT2D eigenvalue weighted by molar-refractivity contribution is 6.01. The summed E-state index contributed by atoms with van der Waals surface area (Å²) in [5, 5.41) is 10.4. The van der Waals surface area contributed by atoms with Crippen LogP contribution in [0.3, 0.4) is 0 Å². The van der Waals surface area contributed by atoms with E-state index in [9.17, 15) is 28.8 Å². The maximum absolute atomic E-state index is 12.9. The number of carbonyl (C=O) groups is 6. The van der Waals surface area contributed by atoms with E-state index in [0.717, 1.165) is 0 Å². The van der Waals surface area contributed by atoms with Crippen LogP contribution in [-0.4, -0.2) is 71.9 Å². The van der Waals surface area contributed by atoms with Crippen LogP contribution >= 0.6 is 0 Å². The first-order valence-electron chi connectivity index (χ1n) is 17.1. The van der Waals surface area contributed by atoms with Gasteiger partial charge in [0.2, 0.25) is 11.8 Å². The van der Waals surface area contributed by atoms with E-state index in [1.807, 2.05) is 0 Å². The summed E-state index contributed by atoms with van der Waals surface area (Å²) in [6.07, 6.45) is -1.45. The second-order valence-corrected chi connectivity index (χ2v) is 16.6. The van der Waals surface area contributed by atoms with Crippen LogP contribution in [0.25, 0.3) is 0 Å². The van der Waals surface area contributed by atoms with Crippen LogP contribution < -0.4 is 21.3 Å². The van der Waals surface area contributed by atoms with E-state index in [1.54, 1.807) is 132 Å². The third-order valence-electron chi connectivity index (χ3n) is 7.19. The number of hydrogen-bond acceptors (Lipinski definition) is 8. The number of rotatable bonds is 10. The molecule has 2 aromatic carbocycles. The van der Waals surface area contributed by atoms with Crippen molar-refractivity contribution < 1.29 is 38.2 Å². The van der Waals surface area contributed by atoms with Crippen LogP contribution in [0.4, 0.5) is 9.59 Å². The number of amides is 4. The van der Waals surface area contributed by atoms with Gasteiger partial charge in [-0.05, 0) is 76.6 Å². The second kappa shape index (κ2) is 17.4. The Balaban J connectivity index is 1.97. The van der Waals surface area contributed by atoms with E-state index < -0.39 is 58.1 Å². The van der Waals surface area contributed by atoms with Crippen molar-refractivity contribution in [3.8, 4) is 11.8 Å². The normalized spacial score (nSPS) is 12.9. The zero-order valence-corrected chi connectivity index (χ0v) is 32.5. The summed E-state index contributed by atoms with van der Waals surface area (Å²) in [7, 11) is 0. The topological polar surface area (TPSA) is 169 Å². The molecule has 0 aromatic heterocycles. The van der Waals surface area contributed by atoms with Gasteiger partial charge in [0.05, 0.1) is 13.1 Å². The highest BCUT2D eigenvalue weighted by atomic mass is 16.6. The van der Waals surface area contributed by atoms with Crippen molar-refractivity contribution in [1.82, 2.24) is 21.3 Å². The lowest BCUT2D eigenvalue weighted by Gasteiger charge is -2.31. The zero-order valence-electron chi connectivity index (χ0n) is 32.5. The molecule has 0 fully saturated rings. The van der Waals surface area contributed by atoms with Gasteiger partial charge in [0.1, 0.15) is 23.3 Å². The first-order valence-corrected chi connectivity index (χ1v) is 17.1. The van der Waals surface area contributed by atoms with Crippen molar-refractivity contribution in [2.24, 2.45) is 10.8 Å². The Morgan fingerprint density at radius 3 is 1.06 bits per heavy atom. The van der Waals surface area contributed by atoms with E-state index >= 15 is 0 Å². The molecule has 0 spiro atoms. The number of nitrogens with one attached hydrogen (secondary N) is 4. The van der Waals surface area contributed by atoms with Gasteiger partial charge in [-0.25, -0.2) is 9.59 Å². The Hall–Kier alpha value is -5.18. The Morgan fingerprint density at radius 2 is 0.808 bits per heavy atom.